The van der Waals surface area contributed by atoms with Crippen LogP contribution in [-0.2, 0) is 13.0 Å². The van der Waals surface area contributed by atoms with Gasteiger partial charge in [0.15, 0.2) is 0 Å². The third kappa shape index (κ3) is 4.33. The minimum Gasteiger partial charge on any atom is -0.491 e. The van der Waals surface area contributed by atoms with E-state index in [1.807, 2.05) is 23.9 Å². The standard InChI is InChI=1S/C25H26N2O2S/c28-22(15-27-11-10-18-4-1-2-5-21(18)14-27)16-29-23-7-3-6-19(12-23)20-8-9-24-25(13-20)30-17-26-24/h1-9,12-13,22,26,28H,10-11,14-17H2. The first kappa shape index (κ1) is 19.5. The summed E-state index contributed by atoms with van der Waals surface area (Å²) in [7, 11) is 0. The molecule has 5 rings (SSSR count). The Morgan fingerprint density at radius 3 is 2.80 bits per heavy atom. The van der Waals surface area contributed by atoms with Gasteiger partial charge in [-0.05, 0) is 52.9 Å². The van der Waals surface area contributed by atoms with E-state index in [4.69, 9.17) is 4.74 Å². The zero-order chi connectivity index (χ0) is 20.3. The van der Waals surface area contributed by atoms with Gasteiger partial charge in [-0.3, -0.25) is 4.90 Å². The Kier molecular flexibility index (Phi) is 5.67. The molecule has 0 radical (unpaired) electrons. The highest BCUT2D eigenvalue weighted by atomic mass is 32.2. The molecule has 2 heterocycles. The van der Waals surface area contributed by atoms with Gasteiger partial charge in [0, 0.05) is 30.2 Å². The number of hydrogen-bond donors (Lipinski definition) is 2. The Hall–Kier alpha value is -2.47. The van der Waals surface area contributed by atoms with Crippen LogP contribution >= 0.6 is 11.8 Å². The normalized spacial score (nSPS) is 16.4. The molecule has 2 aliphatic rings. The van der Waals surface area contributed by atoms with Crippen molar-refractivity contribution >= 4 is 17.4 Å². The highest BCUT2D eigenvalue weighted by Crippen LogP contribution is 2.37. The van der Waals surface area contributed by atoms with Crippen LogP contribution < -0.4 is 10.1 Å². The lowest BCUT2D eigenvalue weighted by molar-refractivity contribution is 0.0638. The van der Waals surface area contributed by atoms with Crippen molar-refractivity contribution in [3.63, 3.8) is 0 Å². The minimum atomic E-state index is -0.513. The summed E-state index contributed by atoms with van der Waals surface area (Å²) in [6.07, 6.45) is 0.529. The van der Waals surface area contributed by atoms with Gasteiger partial charge in [-0.25, -0.2) is 0 Å². The van der Waals surface area contributed by atoms with Crippen molar-refractivity contribution in [3.8, 4) is 16.9 Å². The average Bonchev–Trinajstić information content (AvgIpc) is 3.26. The summed E-state index contributed by atoms with van der Waals surface area (Å²) >= 11 is 1.83. The molecule has 0 aliphatic carbocycles. The summed E-state index contributed by atoms with van der Waals surface area (Å²) < 4.78 is 5.94. The van der Waals surface area contributed by atoms with Crippen LogP contribution in [0.15, 0.2) is 71.6 Å². The molecule has 3 aromatic rings. The van der Waals surface area contributed by atoms with Gasteiger partial charge in [-0.15, -0.1) is 11.8 Å². The number of aliphatic hydroxyl groups excluding tert-OH is 1. The Balaban J connectivity index is 1.18. The van der Waals surface area contributed by atoms with Crippen LogP contribution in [0.3, 0.4) is 0 Å². The summed E-state index contributed by atoms with van der Waals surface area (Å²) in [5.41, 5.74) is 6.32. The van der Waals surface area contributed by atoms with E-state index in [9.17, 15) is 5.11 Å². The highest BCUT2D eigenvalue weighted by molar-refractivity contribution is 7.99. The number of rotatable bonds is 6. The first-order valence-electron chi connectivity index (χ1n) is 10.5. The van der Waals surface area contributed by atoms with Gasteiger partial charge in [0.25, 0.3) is 0 Å². The zero-order valence-corrected chi connectivity index (χ0v) is 17.7. The van der Waals surface area contributed by atoms with Crippen LogP contribution in [0.2, 0.25) is 0 Å². The predicted octanol–water partition coefficient (Wildman–Crippen LogP) is 4.63. The van der Waals surface area contributed by atoms with Crippen molar-refractivity contribution in [2.45, 2.75) is 24.0 Å². The quantitative estimate of drug-likeness (QED) is 0.611. The Labute approximate surface area is 181 Å². The van der Waals surface area contributed by atoms with Crippen LogP contribution in [-0.4, -0.2) is 41.7 Å². The van der Waals surface area contributed by atoms with E-state index in [-0.39, 0.29) is 0 Å². The van der Waals surface area contributed by atoms with Crippen LogP contribution in [0.4, 0.5) is 5.69 Å². The molecule has 0 fully saturated rings. The lowest BCUT2D eigenvalue weighted by Gasteiger charge is -2.30. The number of nitrogens with zero attached hydrogens (tertiary/aromatic N) is 1. The number of fused-ring (bicyclic) bond motifs is 2. The van der Waals surface area contributed by atoms with E-state index < -0.39 is 6.10 Å². The third-order valence-electron chi connectivity index (χ3n) is 5.76. The monoisotopic (exact) mass is 418 g/mol. The number of hydrogen-bond acceptors (Lipinski definition) is 5. The first-order valence-corrected chi connectivity index (χ1v) is 11.4. The maximum absolute atomic E-state index is 10.5. The fourth-order valence-corrected chi connectivity index (χ4v) is 5.07. The molecule has 4 nitrogen and oxygen atoms in total. The van der Waals surface area contributed by atoms with E-state index >= 15 is 0 Å². The molecular weight excluding hydrogens is 392 g/mol. The van der Waals surface area contributed by atoms with Gasteiger partial charge in [0.1, 0.15) is 18.5 Å². The molecule has 0 saturated carbocycles. The van der Waals surface area contributed by atoms with Crippen LogP contribution in [0, 0.1) is 0 Å². The van der Waals surface area contributed by atoms with Crippen LogP contribution in [0.25, 0.3) is 11.1 Å². The SMILES string of the molecule is OC(COc1cccc(-c2ccc3c(c2)SCN3)c1)CN1CCc2ccccc2C1. The van der Waals surface area contributed by atoms with E-state index in [2.05, 4.69) is 64.8 Å². The molecule has 3 aromatic carbocycles. The fraction of sp³-hybridized carbons (Fsp3) is 0.280. The molecule has 2 N–H and O–H groups in total. The first-order chi connectivity index (χ1) is 14.7. The Morgan fingerprint density at radius 1 is 1.00 bits per heavy atom. The van der Waals surface area contributed by atoms with Crippen LogP contribution in [0.1, 0.15) is 11.1 Å². The third-order valence-corrected chi connectivity index (χ3v) is 6.70. The smallest absolute Gasteiger partial charge is 0.120 e. The molecule has 1 unspecified atom stereocenters. The second kappa shape index (κ2) is 8.72. The number of aliphatic hydroxyl groups is 1. The fourth-order valence-electron chi connectivity index (χ4n) is 4.18. The topological polar surface area (TPSA) is 44.7 Å². The molecular formula is C25H26N2O2S. The number of ether oxygens (including phenoxy) is 1. The van der Waals surface area contributed by atoms with Gasteiger partial charge >= 0.3 is 0 Å². The second-order valence-electron chi connectivity index (χ2n) is 7.92. The molecule has 30 heavy (non-hydrogen) atoms. The Bertz CT molecular complexity index is 1040. The van der Waals surface area contributed by atoms with Gasteiger partial charge in [0.05, 0.1) is 5.88 Å². The van der Waals surface area contributed by atoms with Crippen molar-refractivity contribution in [1.82, 2.24) is 4.90 Å². The van der Waals surface area contributed by atoms with Crippen LogP contribution in [0.5, 0.6) is 5.75 Å². The summed E-state index contributed by atoms with van der Waals surface area (Å²) in [5.74, 6) is 1.73. The maximum Gasteiger partial charge on any atom is 0.120 e. The van der Waals surface area contributed by atoms with Gasteiger partial charge < -0.3 is 15.2 Å². The van der Waals surface area contributed by atoms with Gasteiger partial charge in [0.2, 0.25) is 0 Å². The number of thioether (sulfide) groups is 1. The molecule has 0 saturated heterocycles. The molecule has 0 aromatic heterocycles. The second-order valence-corrected chi connectivity index (χ2v) is 8.94. The minimum absolute atomic E-state index is 0.297. The van der Waals surface area contributed by atoms with Crippen molar-refractivity contribution < 1.29 is 9.84 Å². The van der Waals surface area contributed by atoms with E-state index in [1.165, 1.54) is 27.3 Å². The summed E-state index contributed by atoms with van der Waals surface area (Å²) in [6, 6.07) is 23.2. The number of benzene rings is 3. The predicted molar refractivity (Wildman–Crippen MR) is 123 cm³/mol. The van der Waals surface area contributed by atoms with E-state index in [0.29, 0.717) is 13.2 Å². The molecule has 0 bridgehead atoms. The van der Waals surface area contributed by atoms with Gasteiger partial charge in [-0.1, -0.05) is 42.5 Å². The molecule has 0 spiro atoms. The van der Waals surface area contributed by atoms with Crippen molar-refractivity contribution in [2.75, 3.05) is 30.9 Å². The lowest BCUT2D eigenvalue weighted by Crippen LogP contribution is -2.38. The van der Waals surface area contributed by atoms with Crippen molar-refractivity contribution in [3.05, 3.63) is 77.9 Å². The highest BCUT2D eigenvalue weighted by Gasteiger charge is 2.19. The summed E-state index contributed by atoms with van der Waals surface area (Å²) in [5, 5.41) is 13.9. The van der Waals surface area contributed by atoms with Crippen molar-refractivity contribution in [2.24, 2.45) is 0 Å². The van der Waals surface area contributed by atoms with E-state index in [0.717, 1.165) is 36.7 Å². The van der Waals surface area contributed by atoms with E-state index in [1.54, 1.807) is 0 Å². The largest absolute Gasteiger partial charge is 0.491 e. The summed E-state index contributed by atoms with van der Waals surface area (Å²) in [4.78, 5) is 3.60. The lowest BCUT2D eigenvalue weighted by atomic mass is 10.00. The Morgan fingerprint density at radius 2 is 1.87 bits per heavy atom. The number of anilines is 1. The molecule has 2 aliphatic heterocycles. The number of β-amino-alcohol motifs (C(OH)–C–C–N with tert-alkyl or cyclic N) is 1. The average molecular weight is 419 g/mol. The van der Waals surface area contributed by atoms with Gasteiger partial charge in [-0.2, -0.15) is 0 Å². The number of nitrogens with one attached hydrogen (secondary N) is 1. The zero-order valence-electron chi connectivity index (χ0n) is 16.9. The maximum atomic E-state index is 10.5. The molecule has 1 atom stereocenters. The summed E-state index contributed by atoms with van der Waals surface area (Å²) in [6.45, 7) is 2.80. The molecule has 0 amide bonds. The van der Waals surface area contributed by atoms with Crippen molar-refractivity contribution in [1.29, 1.82) is 0 Å². The molecule has 5 heteroatoms. The molecule has 154 valence electrons.